The van der Waals surface area contributed by atoms with Gasteiger partial charge < -0.3 is 15.8 Å². The highest BCUT2D eigenvalue weighted by Crippen LogP contribution is 2.39. The van der Waals surface area contributed by atoms with Gasteiger partial charge in [0.25, 0.3) is 5.91 Å². The molecule has 25 heavy (non-hydrogen) atoms. The first-order chi connectivity index (χ1) is 11.4. The van der Waals surface area contributed by atoms with E-state index in [0.29, 0.717) is 22.6 Å². The molecule has 0 heterocycles. The number of aryl methyl sites for hydroxylation is 1. The molecule has 1 aromatic rings. The van der Waals surface area contributed by atoms with E-state index >= 15 is 0 Å². The summed E-state index contributed by atoms with van der Waals surface area (Å²) in [5, 5.41) is 3.76. The van der Waals surface area contributed by atoms with Crippen LogP contribution in [0.5, 0.6) is 5.75 Å². The predicted molar refractivity (Wildman–Crippen MR) is 103 cm³/mol. The molecule has 3 N–H and O–H groups in total. The van der Waals surface area contributed by atoms with Crippen molar-refractivity contribution in [2.24, 2.45) is 17.6 Å². The van der Waals surface area contributed by atoms with Gasteiger partial charge in [-0.3, -0.25) is 4.79 Å². The molecule has 0 radical (unpaired) electrons. The maximum absolute atomic E-state index is 12.6. The number of fused-ring (bicyclic) bond motifs is 2. The Morgan fingerprint density at radius 2 is 1.96 bits per heavy atom. The molecule has 140 valence electrons. The van der Waals surface area contributed by atoms with Crippen molar-refractivity contribution >= 4 is 29.9 Å². The number of carbonyl (C=O) groups is 1. The highest BCUT2D eigenvalue weighted by atomic mass is 35.5. The van der Waals surface area contributed by atoms with E-state index in [4.69, 9.17) is 22.1 Å². The normalized spacial score (nSPS) is 29.3. The number of rotatable bonds is 4. The second-order valence-corrected chi connectivity index (χ2v) is 7.82. The monoisotopic (exact) mass is 386 g/mol. The summed E-state index contributed by atoms with van der Waals surface area (Å²) < 4.78 is 5.80. The molecule has 1 aromatic carbocycles. The van der Waals surface area contributed by atoms with Crippen LogP contribution < -0.4 is 15.8 Å². The smallest absolute Gasteiger partial charge is 0.261 e. The summed E-state index contributed by atoms with van der Waals surface area (Å²) in [5.41, 5.74) is 7.21. The van der Waals surface area contributed by atoms with Gasteiger partial charge in [0.15, 0.2) is 6.10 Å². The predicted octanol–water partition coefficient (Wildman–Crippen LogP) is 3.86. The minimum Gasteiger partial charge on any atom is -0.479 e. The fourth-order valence-electron chi connectivity index (χ4n) is 4.25. The van der Waals surface area contributed by atoms with Crippen LogP contribution in [0.4, 0.5) is 0 Å². The molecule has 1 amide bonds. The molecule has 6 heteroatoms. The molecular weight excluding hydrogens is 359 g/mol. The second kappa shape index (κ2) is 8.61. The van der Waals surface area contributed by atoms with Crippen LogP contribution in [0.25, 0.3) is 0 Å². The molecule has 0 spiro atoms. The lowest BCUT2D eigenvalue weighted by Gasteiger charge is -2.45. The second-order valence-electron chi connectivity index (χ2n) is 7.41. The van der Waals surface area contributed by atoms with E-state index in [2.05, 4.69) is 5.32 Å². The first-order valence-electron chi connectivity index (χ1n) is 8.93. The average Bonchev–Trinajstić information content (AvgIpc) is 2.51. The van der Waals surface area contributed by atoms with E-state index in [9.17, 15) is 4.79 Å². The third kappa shape index (κ3) is 4.81. The summed E-state index contributed by atoms with van der Waals surface area (Å²) in [5.74, 6) is 1.51. The van der Waals surface area contributed by atoms with Crippen LogP contribution in [0.3, 0.4) is 0 Å². The molecule has 0 aliphatic heterocycles. The molecular formula is C19H28Cl2N2O2. The average molecular weight is 387 g/mol. The van der Waals surface area contributed by atoms with Crippen LogP contribution in [0.1, 0.15) is 44.6 Å². The number of carbonyl (C=O) groups excluding carboxylic acids is 1. The molecule has 0 saturated heterocycles. The number of hydrogen-bond acceptors (Lipinski definition) is 3. The van der Waals surface area contributed by atoms with Gasteiger partial charge in [-0.15, -0.1) is 12.4 Å². The van der Waals surface area contributed by atoms with Crippen molar-refractivity contribution in [3.05, 3.63) is 28.8 Å². The highest BCUT2D eigenvalue weighted by molar-refractivity contribution is 6.32. The van der Waals surface area contributed by atoms with Crippen molar-refractivity contribution in [3.8, 4) is 5.75 Å². The molecule has 2 fully saturated rings. The molecule has 3 unspecified atom stereocenters. The Kier molecular flexibility index (Phi) is 7.01. The van der Waals surface area contributed by atoms with Gasteiger partial charge in [0, 0.05) is 12.1 Å². The minimum absolute atomic E-state index is 0. The zero-order valence-corrected chi connectivity index (χ0v) is 16.4. The standard InChI is InChI=1S/C19H27ClN2O2.ClH/c1-11-6-7-16(20)17(8-11)24-12(2)19(23)22-18-13-4-3-5-14(18)10-15(21)9-13;/h6-8,12-15,18H,3-5,9-10,21H2,1-2H3,(H,22,23);1H. The number of nitrogens with one attached hydrogen (secondary N) is 1. The van der Waals surface area contributed by atoms with Crippen molar-refractivity contribution in [1.29, 1.82) is 0 Å². The summed E-state index contributed by atoms with van der Waals surface area (Å²) in [6.07, 6.45) is 5.03. The van der Waals surface area contributed by atoms with Crippen LogP contribution in [-0.4, -0.2) is 24.1 Å². The van der Waals surface area contributed by atoms with Gasteiger partial charge in [-0.2, -0.15) is 0 Å². The number of nitrogens with two attached hydrogens (primary N) is 1. The Bertz CT molecular complexity index is 597. The number of benzene rings is 1. The molecule has 3 rings (SSSR count). The molecule has 2 aliphatic carbocycles. The Labute approximate surface area is 161 Å². The maximum Gasteiger partial charge on any atom is 0.261 e. The first-order valence-corrected chi connectivity index (χ1v) is 9.30. The number of halogens is 2. The fraction of sp³-hybridized carbons (Fsp3) is 0.632. The van der Waals surface area contributed by atoms with Gasteiger partial charge in [0.2, 0.25) is 0 Å². The topological polar surface area (TPSA) is 64.3 Å². The maximum atomic E-state index is 12.6. The number of hydrogen-bond donors (Lipinski definition) is 2. The molecule has 2 bridgehead atoms. The Hall–Kier alpha value is -0.970. The molecule has 3 atom stereocenters. The first kappa shape index (κ1) is 20.3. The highest BCUT2D eigenvalue weighted by Gasteiger charge is 2.40. The van der Waals surface area contributed by atoms with Gasteiger partial charge in [0.1, 0.15) is 5.75 Å². The summed E-state index contributed by atoms with van der Waals surface area (Å²) in [6.45, 7) is 3.75. The van der Waals surface area contributed by atoms with Crippen LogP contribution in [0.15, 0.2) is 18.2 Å². The van der Waals surface area contributed by atoms with Crippen molar-refractivity contribution in [2.45, 2.75) is 64.1 Å². The van der Waals surface area contributed by atoms with Crippen LogP contribution in [0.2, 0.25) is 5.02 Å². The number of amides is 1. The van der Waals surface area contributed by atoms with Gasteiger partial charge in [0.05, 0.1) is 5.02 Å². The van der Waals surface area contributed by atoms with Gasteiger partial charge in [-0.1, -0.05) is 24.1 Å². The van der Waals surface area contributed by atoms with Crippen molar-refractivity contribution in [2.75, 3.05) is 0 Å². The molecule has 4 nitrogen and oxygen atoms in total. The van der Waals surface area contributed by atoms with Crippen LogP contribution in [-0.2, 0) is 4.79 Å². The lowest BCUT2D eigenvalue weighted by Crippen LogP contribution is -2.55. The Morgan fingerprint density at radius 1 is 1.32 bits per heavy atom. The Morgan fingerprint density at radius 3 is 2.60 bits per heavy atom. The summed E-state index contributed by atoms with van der Waals surface area (Å²) >= 11 is 6.16. The van der Waals surface area contributed by atoms with E-state index in [1.807, 2.05) is 19.1 Å². The van der Waals surface area contributed by atoms with Crippen molar-refractivity contribution < 1.29 is 9.53 Å². The fourth-order valence-corrected chi connectivity index (χ4v) is 4.41. The van der Waals surface area contributed by atoms with E-state index < -0.39 is 6.10 Å². The third-order valence-electron chi connectivity index (χ3n) is 5.45. The lowest BCUT2D eigenvalue weighted by molar-refractivity contribution is -0.129. The zero-order valence-electron chi connectivity index (χ0n) is 14.8. The third-order valence-corrected chi connectivity index (χ3v) is 5.76. The van der Waals surface area contributed by atoms with Gasteiger partial charge >= 0.3 is 0 Å². The van der Waals surface area contributed by atoms with Crippen LogP contribution >= 0.6 is 24.0 Å². The van der Waals surface area contributed by atoms with E-state index in [-0.39, 0.29) is 30.4 Å². The largest absolute Gasteiger partial charge is 0.479 e. The summed E-state index contributed by atoms with van der Waals surface area (Å²) in [6, 6.07) is 6.11. The van der Waals surface area contributed by atoms with Gasteiger partial charge in [-0.25, -0.2) is 0 Å². The van der Waals surface area contributed by atoms with E-state index in [0.717, 1.165) is 31.2 Å². The SMILES string of the molecule is Cc1ccc(Cl)c(OC(C)C(=O)NC2C3CCCC2CC(N)C3)c1.Cl. The zero-order chi connectivity index (χ0) is 17.3. The van der Waals surface area contributed by atoms with E-state index in [1.165, 1.54) is 6.42 Å². The molecule has 2 saturated carbocycles. The van der Waals surface area contributed by atoms with Crippen LogP contribution in [0, 0.1) is 18.8 Å². The summed E-state index contributed by atoms with van der Waals surface area (Å²) in [4.78, 5) is 12.6. The quantitative estimate of drug-likeness (QED) is 0.825. The molecule has 2 aliphatic rings. The Balaban J connectivity index is 0.00000225. The van der Waals surface area contributed by atoms with E-state index in [1.54, 1.807) is 13.0 Å². The molecule has 0 aromatic heterocycles. The lowest BCUT2D eigenvalue weighted by atomic mass is 9.67. The van der Waals surface area contributed by atoms with Crippen molar-refractivity contribution in [3.63, 3.8) is 0 Å². The summed E-state index contributed by atoms with van der Waals surface area (Å²) in [7, 11) is 0. The van der Waals surface area contributed by atoms with Crippen molar-refractivity contribution in [1.82, 2.24) is 5.32 Å². The van der Waals surface area contributed by atoms with Gasteiger partial charge in [-0.05, 0) is 69.1 Å². The number of ether oxygens (including phenoxy) is 1. The minimum atomic E-state index is -0.569.